The van der Waals surface area contributed by atoms with E-state index in [4.69, 9.17) is 0 Å². The fourth-order valence-corrected chi connectivity index (χ4v) is 1.92. The van der Waals surface area contributed by atoms with Gasteiger partial charge in [-0.3, -0.25) is 0 Å². The molecule has 17 heavy (non-hydrogen) atoms. The zero-order valence-corrected chi connectivity index (χ0v) is 10.4. The third-order valence-corrected chi connectivity index (χ3v) is 2.85. The van der Waals surface area contributed by atoms with Crippen LogP contribution in [0.1, 0.15) is 10.7 Å². The molecule has 0 bridgehead atoms. The first-order valence-electron chi connectivity index (χ1n) is 5.36. The number of nitrogens with one attached hydrogen (secondary N) is 2. The van der Waals surface area contributed by atoms with E-state index in [0.29, 0.717) is 13.1 Å². The quantitative estimate of drug-likeness (QED) is 0.739. The van der Waals surface area contributed by atoms with Gasteiger partial charge in [0.1, 0.15) is 0 Å². The number of rotatable bonds is 7. The number of nitrogens with zero attached hydrogens (tertiary/aromatic N) is 1. The second-order valence-electron chi connectivity index (χ2n) is 3.65. The van der Waals surface area contributed by atoms with Gasteiger partial charge in [-0.05, 0) is 6.92 Å². The first-order chi connectivity index (χ1) is 7.97. The third kappa shape index (κ3) is 7.30. The highest BCUT2D eigenvalue weighted by atomic mass is 32.1. The van der Waals surface area contributed by atoms with Crippen molar-refractivity contribution in [1.82, 2.24) is 15.6 Å². The lowest BCUT2D eigenvalue weighted by atomic mass is 10.3. The molecule has 0 aliphatic rings. The topological polar surface area (TPSA) is 37.0 Å². The van der Waals surface area contributed by atoms with Crippen molar-refractivity contribution in [2.45, 2.75) is 19.5 Å². The van der Waals surface area contributed by atoms with Crippen LogP contribution in [0, 0.1) is 6.92 Å². The van der Waals surface area contributed by atoms with Gasteiger partial charge in [0, 0.05) is 31.4 Å². The number of aryl methyl sites for hydroxylation is 1. The van der Waals surface area contributed by atoms with Crippen molar-refractivity contribution >= 4 is 11.3 Å². The lowest BCUT2D eigenvalue weighted by Crippen LogP contribution is -2.34. The number of halogens is 3. The Morgan fingerprint density at radius 2 is 1.94 bits per heavy atom. The van der Waals surface area contributed by atoms with E-state index in [1.54, 1.807) is 11.3 Å². The van der Waals surface area contributed by atoms with Crippen molar-refractivity contribution in [3.05, 3.63) is 16.1 Å². The van der Waals surface area contributed by atoms with Gasteiger partial charge >= 0.3 is 6.18 Å². The Labute approximate surface area is 102 Å². The maximum atomic E-state index is 11.8. The molecular weight excluding hydrogens is 251 g/mol. The average molecular weight is 267 g/mol. The van der Waals surface area contributed by atoms with Gasteiger partial charge in [-0.2, -0.15) is 13.2 Å². The number of hydrogen-bond donors (Lipinski definition) is 2. The molecule has 1 aromatic rings. The Morgan fingerprint density at radius 3 is 2.53 bits per heavy atom. The number of aromatic nitrogens is 1. The van der Waals surface area contributed by atoms with E-state index in [9.17, 15) is 13.2 Å². The zero-order valence-electron chi connectivity index (χ0n) is 9.60. The number of thiazole rings is 1. The smallest absolute Gasteiger partial charge is 0.315 e. The van der Waals surface area contributed by atoms with Crippen molar-refractivity contribution in [3.63, 3.8) is 0 Å². The van der Waals surface area contributed by atoms with Gasteiger partial charge in [0.25, 0.3) is 0 Å². The van der Waals surface area contributed by atoms with Crippen LogP contribution in [0.5, 0.6) is 0 Å². The molecule has 0 fully saturated rings. The Kier molecular flexibility index (Phi) is 5.87. The minimum Gasteiger partial charge on any atom is -0.315 e. The van der Waals surface area contributed by atoms with Gasteiger partial charge in [-0.1, -0.05) is 0 Å². The monoisotopic (exact) mass is 267 g/mol. The zero-order chi connectivity index (χ0) is 12.7. The van der Waals surface area contributed by atoms with Crippen LogP contribution >= 0.6 is 11.3 Å². The molecule has 0 aromatic carbocycles. The number of hydrogen-bond acceptors (Lipinski definition) is 4. The van der Waals surface area contributed by atoms with E-state index >= 15 is 0 Å². The molecule has 7 heteroatoms. The highest BCUT2D eigenvalue weighted by Gasteiger charge is 2.25. The van der Waals surface area contributed by atoms with E-state index in [-0.39, 0.29) is 0 Å². The molecule has 0 amide bonds. The first kappa shape index (κ1) is 14.4. The molecule has 1 rings (SSSR count). The molecule has 0 radical (unpaired) electrons. The third-order valence-electron chi connectivity index (χ3n) is 2.03. The SMILES string of the molecule is Cc1nc(CCNCCNCC(F)(F)F)cs1. The number of alkyl halides is 3. The largest absolute Gasteiger partial charge is 0.401 e. The Bertz CT molecular complexity index is 325. The van der Waals surface area contributed by atoms with Gasteiger partial charge in [0.2, 0.25) is 0 Å². The fourth-order valence-electron chi connectivity index (χ4n) is 1.27. The van der Waals surface area contributed by atoms with Crippen molar-refractivity contribution < 1.29 is 13.2 Å². The molecule has 0 unspecified atom stereocenters. The summed E-state index contributed by atoms with van der Waals surface area (Å²) < 4.78 is 35.3. The van der Waals surface area contributed by atoms with E-state index in [1.807, 2.05) is 12.3 Å². The van der Waals surface area contributed by atoms with E-state index in [0.717, 1.165) is 23.7 Å². The van der Waals surface area contributed by atoms with Crippen LogP contribution in [0.2, 0.25) is 0 Å². The second-order valence-corrected chi connectivity index (χ2v) is 4.71. The Hall–Kier alpha value is -0.660. The standard InChI is InChI=1S/C10H16F3N3S/c1-8-16-9(6-17-8)2-3-14-4-5-15-7-10(11,12)13/h6,14-15H,2-5,7H2,1H3. The summed E-state index contributed by atoms with van der Waals surface area (Å²) in [7, 11) is 0. The maximum absolute atomic E-state index is 11.8. The summed E-state index contributed by atoms with van der Waals surface area (Å²) in [6.07, 6.45) is -3.32. The Balaban J connectivity index is 1.95. The predicted molar refractivity (Wildman–Crippen MR) is 62.3 cm³/mol. The van der Waals surface area contributed by atoms with Crippen LogP contribution in [-0.2, 0) is 6.42 Å². The van der Waals surface area contributed by atoms with E-state index < -0.39 is 12.7 Å². The molecule has 0 saturated carbocycles. The van der Waals surface area contributed by atoms with Crippen LogP contribution in [0.15, 0.2) is 5.38 Å². The first-order valence-corrected chi connectivity index (χ1v) is 6.24. The van der Waals surface area contributed by atoms with Gasteiger partial charge in [-0.25, -0.2) is 4.98 Å². The van der Waals surface area contributed by atoms with Crippen LogP contribution in [-0.4, -0.2) is 37.3 Å². The molecule has 1 heterocycles. The second kappa shape index (κ2) is 6.93. The van der Waals surface area contributed by atoms with E-state index in [2.05, 4.69) is 15.6 Å². The van der Waals surface area contributed by atoms with E-state index in [1.165, 1.54) is 0 Å². The van der Waals surface area contributed by atoms with Gasteiger partial charge in [0.05, 0.1) is 17.2 Å². The summed E-state index contributed by atoms with van der Waals surface area (Å²) in [6, 6.07) is 0. The fraction of sp³-hybridized carbons (Fsp3) is 0.700. The molecule has 0 saturated heterocycles. The highest BCUT2D eigenvalue weighted by molar-refractivity contribution is 7.09. The maximum Gasteiger partial charge on any atom is 0.401 e. The molecule has 3 nitrogen and oxygen atoms in total. The van der Waals surface area contributed by atoms with Crippen molar-refractivity contribution in [1.29, 1.82) is 0 Å². The van der Waals surface area contributed by atoms with Gasteiger partial charge < -0.3 is 10.6 Å². The minimum absolute atomic E-state index is 0.315. The van der Waals surface area contributed by atoms with Crippen LogP contribution in [0.4, 0.5) is 13.2 Å². The molecule has 98 valence electrons. The highest BCUT2D eigenvalue weighted by Crippen LogP contribution is 2.11. The van der Waals surface area contributed by atoms with Crippen LogP contribution < -0.4 is 10.6 Å². The average Bonchev–Trinajstić information content (AvgIpc) is 2.61. The lowest BCUT2D eigenvalue weighted by molar-refractivity contribution is -0.124. The van der Waals surface area contributed by atoms with Crippen molar-refractivity contribution in [2.75, 3.05) is 26.2 Å². The molecule has 0 aliphatic heterocycles. The molecule has 0 atom stereocenters. The summed E-state index contributed by atoms with van der Waals surface area (Å²) in [5.74, 6) is 0. The van der Waals surface area contributed by atoms with Crippen LogP contribution in [0.25, 0.3) is 0 Å². The molecule has 1 aromatic heterocycles. The summed E-state index contributed by atoms with van der Waals surface area (Å²) in [6.45, 7) is 2.59. The molecule has 0 aliphatic carbocycles. The van der Waals surface area contributed by atoms with Gasteiger partial charge in [-0.15, -0.1) is 11.3 Å². The Morgan fingerprint density at radius 1 is 1.24 bits per heavy atom. The predicted octanol–water partition coefficient (Wildman–Crippen LogP) is 1.74. The van der Waals surface area contributed by atoms with Crippen molar-refractivity contribution in [2.24, 2.45) is 0 Å². The van der Waals surface area contributed by atoms with Crippen LogP contribution in [0.3, 0.4) is 0 Å². The summed E-state index contributed by atoms with van der Waals surface area (Å²) in [4.78, 5) is 4.29. The minimum atomic E-state index is -4.13. The normalized spacial score (nSPS) is 12.0. The van der Waals surface area contributed by atoms with Crippen molar-refractivity contribution in [3.8, 4) is 0 Å². The van der Waals surface area contributed by atoms with Gasteiger partial charge in [0.15, 0.2) is 0 Å². The lowest BCUT2D eigenvalue weighted by Gasteiger charge is -2.08. The summed E-state index contributed by atoms with van der Waals surface area (Å²) in [5, 5.41) is 8.42. The summed E-state index contributed by atoms with van der Waals surface area (Å²) >= 11 is 1.60. The molecular formula is C10H16F3N3S. The molecule has 2 N–H and O–H groups in total. The molecule has 0 spiro atoms. The summed E-state index contributed by atoms with van der Waals surface area (Å²) in [5.41, 5.74) is 1.03.